The molecule has 4 heteroatoms. The lowest BCUT2D eigenvalue weighted by molar-refractivity contribution is -0.137. The van der Waals surface area contributed by atoms with Crippen LogP contribution in [0.15, 0.2) is 0 Å². The number of carbonyl (C=O) groups is 1. The van der Waals surface area contributed by atoms with Gasteiger partial charge in [0.25, 0.3) is 5.90 Å². The molecular weight excluding hydrogens is 158 g/mol. The molecule has 0 fully saturated rings. The van der Waals surface area contributed by atoms with Crippen molar-refractivity contribution in [1.82, 2.24) is 0 Å². The minimum absolute atomic E-state index is 0.321. The van der Waals surface area contributed by atoms with E-state index in [0.29, 0.717) is 13.2 Å². The summed E-state index contributed by atoms with van der Waals surface area (Å²) in [6.07, 6.45) is 1.79. The summed E-state index contributed by atoms with van der Waals surface area (Å²) in [4.78, 5) is 10.8. The average molecular weight is 173 g/mol. The third-order valence-corrected chi connectivity index (χ3v) is 1.21. The molecule has 1 N–H and O–H groups in total. The highest BCUT2D eigenvalue weighted by Crippen LogP contribution is 1.90. The van der Waals surface area contributed by atoms with Crippen molar-refractivity contribution in [3.05, 3.63) is 0 Å². The number of esters is 1. The minimum Gasteiger partial charge on any atom is -0.473 e. The largest absolute Gasteiger partial charge is 0.473 e. The van der Waals surface area contributed by atoms with Crippen LogP contribution < -0.4 is 0 Å². The topological polar surface area (TPSA) is 59.4 Å². The monoisotopic (exact) mass is 173 g/mol. The van der Waals surface area contributed by atoms with Crippen molar-refractivity contribution in [1.29, 1.82) is 5.41 Å². The molecular formula is C8H15NO3. The summed E-state index contributed by atoms with van der Waals surface area (Å²) >= 11 is 0. The molecule has 0 aliphatic heterocycles. The molecule has 0 aromatic rings. The van der Waals surface area contributed by atoms with Crippen molar-refractivity contribution >= 4 is 11.9 Å². The van der Waals surface area contributed by atoms with Crippen LogP contribution >= 0.6 is 0 Å². The van der Waals surface area contributed by atoms with Gasteiger partial charge >= 0.3 is 5.97 Å². The summed E-state index contributed by atoms with van der Waals surface area (Å²) in [6, 6.07) is 0. The van der Waals surface area contributed by atoms with Crippen LogP contribution in [0, 0.1) is 5.41 Å². The predicted molar refractivity (Wildman–Crippen MR) is 45.2 cm³/mol. The Bertz CT molecular complexity index is 156. The Morgan fingerprint density at radius 3 is 2.50 bits per heavy atom. The normalized spacial score (nSPS) is 9.17. The number of hydrogen-bond acceptors (Lipinski definition) is 4. The lowest BCUT2D eigenvalue weighted by Crippen LogP contribution is -2.19. The fourth-order valence-electron chi connectivity index (χ4n) is 0.578. The van der Waals surface area contributed by atoms with E-state index >= 15 is 0 Å². The van der Waals surface area contributed by atoms with E-state index in [1.165, 1.54) is 0 Å². The molecule has 0 aliphatic carbocycles. The second-order valence-electron chi connectivity index (χ2n) is 2.25. The van der Waals surface area contributed by atoms with Crippen LogP contribution in [0.3, 0.4) is 0 Å². The van der Waals surface area contributed by atoms with Crippen LogP contribution in [0.5, 0.6) is 0 Å². The molecule has 0 aromatic heterocycles. The molecule has 0 saturated carbocycles. The Hall–Kier alpha value is -1.06. The zero-order valence-electron chi connectivity index (χ0n) is 7.55. The molecule has 12 heavy (non-hydrogen) atoms. The quantitative estimate of drug-likeness (QED) is 0.302. The smallest absolute Gasteiger partial charge is 0.393 e. The lowest BCUT2D eigenvalue weighted by Gasteiger charge is -2.04. The lowest BCUT2D eigenvalue weighted by atomic mass is 10.4. The van der Waals surface area contributed by atoms with Crippen molar-refractivity contribution in [2.75, 3.05) is 13.2 Å². The van der Waals surface area contributed by atoms with Crippen LogP contribution in [0.1, 0.15) is 26.7 Å². The maximum absolute atomic E-state index is 10.8. The van der Waals surface area contributed by atoms with E-state index in [0.717, 1.165) is 12.8 Å². The molecule has 4 nitrogen and oxygen atoms in total. The van der Waals surface area contributed by atoms with Gasteiger partial charge < -0.3 is 9.47 Å². The van der Waals surface area contributed by atoms with E-state index in [9.17, 15) is 4.79 Å². The van der Waals surface area contributed by atoms with E-state index in [2.05, 4.69) is 4.74 Å². The fraction of sp³-hybridized carbons (Fsp3) is 0.750. The van der Waals surface area contributed by atoms with E-state index in [4.69, 9.17) is 10.1 Å². The molecule has 0 atom stereocenters. The first-order valence-electron chi connectivity index (χ1n) is 4.10. The number of rotatable bonds is 4. The predicted octanol–water partition coefficient (Wildman–Crippen LogP) is 1.34. The van der Waals surface area contributed by atoms with Crippen molar-refractivity contribution in [2.45, 2.75) is 26.7 Å². The van der Waals surface area contributed by atoms with Crippen LogP contribution in [0.25, 0.3) is 0 Å². The first-order chi connectivity index (χ1) is 5.72. The van der Waals surface area contributed by atoms with Crippen LogP contribution in [-0.4, -0.2) is 25.1 Å². The van der Waals surface area contributed by atoms with Crippen molar-refractivity contribution in [3.8, 4) is 0 Å². The third kappa shape index (κ3) is 4.71. The maximum atomic E-state index is 10.8. The first kappa shape index (κ1) is 10.9. The Morgan fingerprint density at radius 1 is 1.33 bits per heavy atom. The zero-order valence-corrected chi connectivity index (χ0v) is 7.55. The van der Waals surface area contributed by atoms with Gasteiger partial charge in [-0.2, -0.15) is 0 Å². The summed E-state index contributed by atoms with van der Waals surface area (Å²) in [5, 5.41) is 7.03. The number of unbranched alkanes of at least 4 members (excludes halogenated alkanes) is 1. The second kappa shape index (κ2) is 6.64. The van der Waals surface area contributed by atoms with Gasteiger partial charge in [0.2, 0.25) is 0 Å². The summed E-state index contributed by atoms with van der Waals surface area (Å²) in [5.41, 5.74) is 0. The highest BCUT2D eigenvalue weighted by atomic mass is 16.6. The molecule has 0 rings (SSSR count). The van der Waals surface area contributed by atoms with Gasteiger partial charge in [-0.15, -0.1) is 0 Å². The second-order valence-corrected chi connectivity index (χ2v) is 2.25. The SMILES string of the molecule is CCCCOC(=O)C(=N)OCC. The Balaban J connectivity index is 3.50. The van der Waals surface area contributed by atoms with E-state index in [-0.39, 0.29) is 0 Å². The molecule has 0 aliphatic rings. The summed E-state index contributed by atoms with van der Waals surface area (Å²) in [7, 11) is 0. The van der Waals surface area contributed by atoms with Crippen LogP contribution in [-0.2, 0) is 14.3 Å². The first-order valence-corrected chi connectivity index (χ1v) is 4.10. The molecule has 0 radical (unpaired) electrons. The van der Waals surface area contributed by atoms with Crippen molar-refractivity contribution < 1.29 is 14.3 Å². The minimum atomic E-state index is -0.676. The van der Waals surface area contributed by atoms with Gasteiger partial charge in [0.05, 0.1) is 13.2 Å². The molecule has 0 bridgehead atoms. The Kier molecular flexibility index (Phi) is 6.05. The number of nitrogens with one attached hydrogen (secondary N) is 1. The molecule has 0 heterocycles. The van der Waals surface area contributed by atoms with Gasteiger partial charge in [0.1, 0.15) is 0 Å². The molecule has 0 spiro atoms. The summed E-state index contributed by atoms with van der Waals surface area (Å²) in [5.74, 6) is -1.08. The van der Waals surface area contributed by atoms with Crippen LogP contribution in [0.2, 0.25) is 0 Å². The third-order valence-electron chi connectivity index (χ3n) is 1.21. The summed E-state index contributed by atoms with van der Waals surface area (Å²) < 4.78 is 9.35. The van der Waals surface area contributed by atoms with Gasteiger partial charge in [0, 0.05) is 0 Å². The number of ether oxygens (including phenoxy) is 2. The standard InChI is InChI=1S/C8H15NO3/c1-3-5-6-12-8(10)7(9)11-4-2/h9H,3-6H2,1-2H3. The zero-order chi connectivity index (χ0) is 9.40. The van der Waals surface area contributed by atoms with E-state index in [1.807, 2.05) is 6.92 Å². The Morgan fingerprint density at radius 2 is 2.00 bits per heavy atom. The Labute approximate surface area is 72.4 Å². The van der Waals surface area contributed by atoms with Gasteiger partial charge in [-0.3, -0.25) is 5.41 Å². The highest BCUT2D eigenvalue weighted by molar-refractivity contribution is 6.31. The van der Waals surface area contributed by atoms with E-state index in [1.54, 1.807) is 6.92 Å². The van der Waals surface area contributed by atoms with Gasteiger partial charge in [-0.1, -0.05) is 13.3 Å². The molecule has 0 unspecified atom stereocenters. The van der Waals surface area contributed by atoms with Crippen molar-refractivity contribution in [2.24, 2.45) is 0 Å². The van der Waals surface area contributed by atoms with Crippen molar-refractivity contribution in [3.63, 3.8) is 0 Å². The fourth-order valence-corrected chi connectivity index (χ4v) is 0.578. The molecule has 0 saturated heterocycles. The van der Waals surface area contributed by atoms with Gasteiger partial charge in [0.15, 0.2) is 0 Å². The molecule has 70 valence electrons. The molecule has 0 amide bonds. The molecule has 0 aromatic carbocycles. The summed E-state index contributed by atoms with van der Waals surface area (Å²) in [6.45, 7) is 4.40. The van der Waals surface area contributed by atoms with Gasteiger partial charge in [-0.05, 0) is 13.3 Å². The van der Waals surface area contributed by atoms with Crippen LogP contribution in [0.4, 0.5) is 0 Å². The van der Waals surface area contributed by atoms with Gasteiger partial charge in [-0.25, -0.2) is 4.79 Å². The van der Waals surface area contributed by atoms with E-state index < -0.39 is 11.9 Å². The number of hydrogen-bond donors (Lipinski definition) is 1. The maximum Gasteiger partial charge on any atom is 0.393 e. The number of carbonyl (C=O) groups excluding carboxylic acids is 1. The highest BCUT2D eigenvalue weighted by Gasteiger charge is 2.10. The average Bonchev–Trinajstić information content (AvgIpc) is 2.05.